The number of amides is 2. The highest BCUT2D eigenvalue weighted by atomic mass is 19.1. The first-order chi connectivity index (χ1) is 12.8. The summed E-state index contributed by atoms with van der Waals surface area (Å²) in [6.45, 7) is 10.6. The number of nitrogens with zero attached hydrogens (tertiary/aromatic N) is 1. The molecule has 0 saturated carbocycles. The molecule has 0 unspecified atom stereocenters. The third kappa shape index (κ3) is 5.05. The lowest BCUT2D eigenvalue weighted by molar-refractivity contribution is -0.0238. The number of carbonyl (C=O) groups is 2. The van der Waals surface area contributed by atoms with Gasteiger partial charge in [-0.15, -0.1) is 0 Å². The van der Waals surface area contributed by atoms with Gasteiger partial charge in [0, 0.05) is 5.56 Å². The predicted octanol–water partition coefficient (Wildman–Crippen LogP) is 3.81. The van der Waals surface area contributed by atoms with Crippen LogP contribution in [0.25, 0.3) is 0 Å². The number of hydrogen-bond acceptors (Lipinski definition) is 5. The maximum Gasteiger partial charge on any atom is 0.410 e. The van der Waals surface area contributed by atoms with Gasteiger partial charge in [0.15, 0.2) is 11.6 Å². The van der Waals surface area contributed by atoms with E-state index in [9.17, 15) is 14.0 Å². The zero-order chi connectivity index (χ0) is 21.3. The van der Waals surface area contributed by atoms with Crippen molar-refractivity contribution in [3.63, 3.8) is 0 Å². The molecule has 0 aliphatic carbocycles. The average Bonchev–Trinajstić information content (AvgIpc) is 2.47. The van der Waals surface area contributed by atoms with Gasteiger partial charge in [-0.25, -0.2) is 14.0 Å². The largest absolute Gasteiger partial charge is 0.494 e. The number of halogens is 1. The summed E-state index contributed by atoms with van der Waals surface area (Å²) in [6, 6.07) is 4.68. The first-order valence-corrected chi connectivity index (χ1v) is 9.08. The SMILES string of the molecule is COc1cccc(C2(NC(=O)OC(C)(C)C)CN(C(=O)OC(C)(C)C)C2)c1F. The Morgan fingerprint density at radius 2 is 1.64 bits per heavy atom. The van der Waals surface area contributed by atoms with Crippen molar-refractivity contribution in [1.29, 1.82) is 0 Å². The Balaban J connectivity index is 2.29. The molecule has 7 nitrogen and oxygen atoms in total. The van der Waals surface area contributed by atoms with Crippen molar-refractivity contribution in [1.82, 2.24) is 10.2 Å². The number of alkyl carbamates (subject to hydrolysis) is 1. The van der Waals surface area contributed by atoms with Gasteiger partial charge in [-0.1, -0.05) is 12.1 Å². The van der Waals surface area contributed by atoms with Crippen molar-refractivity contribution < 1.29 is 28.2 Å². The Kier molecular flexibility index (Phi) is 5.82. The normalized spacial score (nSPS) is 16.1. The summed E-state index contributed by atoms with van der Waals surface area (Å²) in [5.41, 5.74) is -2.29. The molecule has 1 aliphatic heterocycles. The predicted molar refractivity (Wildman–Crippen MR) is 102 cm³/mol. The van der Waals surface area contributed by atoms with Gasteiger partial charge in [-0.05, 0) is 47.6 Å². The molecule has 0 radical (unpaired) electrons. The van der Waals surface area contributed by atoms with Gasteiger partial charge in [0.05, 0.1) is 20.2 Å². The maximum atomic E-state index is 14.9. The summed E-state index contributed by atoms with van der Waals surface area (Å²) in [5.74, 6) is -0.538. The molecule has 0 spiro atoms. The number of hydrogen-bond donors (Lipinski definition) is 1. The Morgan fingerprint density at radius 1 is 1.07 bits per heavy atom. The molecule has 1 N–H and O–H groups in total. The van der Waals surface area contributed by atoms with Crippen molar-refractivity contribution in [3.8, 4) is 5.75 Å². The van der Waals surface area contributed by atoms with Crippen LogP contribution in [0.15, 0.2) is 18.2 Å². The molecular formula is C20H29FN2O5. The Bertz CT molecular complexity index is 746. The molecule has 1 fully saturated rings. The Labute approximate surface area is 165 Å². The number of ether oxygens (including phenoxy) is 3. The van der Waals surface area contributed by atoms with E-state index in [0.717, 1.165) is 0 Å². The summed E-state index contributed by atoms with van der Waals surface area (Å²) in [6.07, 6.45) is -1.23. The fourth-order valence-electron chi connectivity index (χ4n) is 2.91. The average molecular weight is 396 g/mol. The number of carbonyl (C=O) groups excluding carboxylic acids is 2. The van der Waals surface area contributed by atoms with Crippen LogP contribution < -0.4 is 10.1 Å². The second-order valence-corrected chi connectivity index (χ2v) is 8.87. The van der Waals surface area contributed by atoms with E-state index in [4.69, 9.17) is 14.2 Å². The van der Waals surface area contributed by atoms with E-state index in [1.54, 1.807) is 53.7 Å². The summed E-state index contributed by atoms with van der Waals surface area (Å²) < 4.78 is 30.7. The standard InChI is InChI=1S/C20H29FN2O5/c1-18(2,3)27-16(24)22-20(13-9-8-10-14(26-7)15(13)21)11-23(12-20)17(25)28-19(4,5)6/h8-10H,11-12H2,1-7H3,(H,22,24). The Morgan fingerprint density at radius 3 is 2.14 bits per heavy atom. The smallest absolute Gasteiger partial charge is 0.410 e. The van der Waals surface area contributed by atoms with Gasteiger partial charge in [-0.2, -0.15) is 0 Å². The third-order valence-electron chi connectivity index (χ3n) is 4.01. The van der Waals surface area contributed by atoms with Gasteiger partial charge < -0.3 is 24.4 Å². The van der Waals surface area contributed by atoms with E-state index in [1.165, 1.54) is 18.1 Å². The molecule has 1 aliphatic rings. The van der Waals surface area contributed by atoms with Gasteiger partial charge >= 0.3 is 12.2 Å². The van der Waals surface area contributed by atoms with E-state index in [-0.39, 0.29) is 24.4 Å². The van der Waals surface area contributed by atoms with Crippen LogP contribution in [0, 0.1) is 5.82 Å². The quantitative estimate of drug-likeness (QED) is 0.841. The van der Waals surface area contributed by atoms with Crippen LogP contribution in [-0.2, 0) is 15.0 Å². The van der Waals surface area contributed by atoms with Crippen molar-refractivity contribution >= 4 is 12.2 Å². The van der Waals surface area contributed by atoms with Crippen LogP contribution in [0.3, 0.4) is 0 Å². The van der Waals surface area contributed by atoms with Crippen LogP contribution >= 0.6 is 0 Å². The summed E-state index contributed by atoms with van der Waals surface area (Å²) in [7, 11) is 1.37. The topological polar surface area (TPSA) is 77.1 Å². The molecule has 1 aromatic rings. The lowest BCUT2D eigenvalue weighted by Gasteiger charge is -2.50. The molecular weight excluding hydrogens is 367 g/mol. The van der Waals surface area contributed by atoms with E-state index >= 15 is 0 Å². The lowest BCUT2D eigenvalue weighted by atomic mass is 9.82. The van der Waals surface area contributed by atoms with Crippen LogP contribution in [0.4, 0.5) is 14.0 Å². The summed E-state index contributed by atoms with van der Waals surface area (Å²) >= 11 is 0. The first-order valence-electron chi connectivity index (χ1n) is 9.08. The van der Waals surface area contributed by atoms with Crippen molar-refractivity contribution in [2.75, 3.05) is 20.2 Å². The minimum atomic E-state index is -1.14. The van der Waals surface area contributed by atoms with Gasteiger partial charge in [0.2, 0.25) is 0 Å². The van der Waals surface area contributed by atoms with Crippen molar-refractivity contribution in [3.05, 3.63) is 29.6 Å². The zero-order valence-electron chi connectivity index (χ0n) is 17.5. The van der Waals surface area contributed by atoms with Crippen LogP contribution in [0.2, 0.25) is 0 Å². The van der Waals surface area contributed by atoms with Crippen LogP contribution in [0.5, 0.6) is 5.75 Å². The number of nitrogens with one attached hydrogen (secondary N) is 1. The minimum absolute atomic E-state index is 0.0469. The summed E-state index contributed by atoms with van der Waals surface area (Å²) in [4.78, 5) is 26.1. The second-order valence-electron chi connectivity index (χ2n) is 8.87. The Hall–Kier alpha value is -2.51. The molecule has 28 heavy (non-hydrogen) atoms. The molecule has 8 heteroatoms. The van der Waals surface area contributed by atoms with E-state index < -0.39 is 34.7 Å². The fraction of sp³-hybridized carbons (Fsp3) is 0.600. The van der Waals surface area contributed by atoms with E-state index in [2.05, 4.69) is 5.32 Å². The molecule has 156 valence electrons. The van der Waals surface area contributed by atoms with E-state index in [1.807, 2.05) is 0 Å². The molecule has 1 saturated heterocycles. The zero-order valence-corrected chi connectivity index (χ0v) is 17.5. The third-order valence-corrected chi connectivity index (χ3v) is 4.01. The number of methoxy groups -OCH3 is 1. The molecule has 1 aromatic carbocycles. The van der Waals surface area contributed by atoms with Crippen LogP contribution in [0.1, 0.15) is 47.1 Å². The van der Waals surface area contributed by atoms with Crippen molar-refractivity contribution in [2.24, 2.45) is 0 Å². The lowest BCUT2D eigenvalue weighted by Crippen LogP contribution is -2.69. The minimum Gasteiger partial charge on any atom is -0.494 e. The second kappa shape index (κ2) is 7.48. The van der Waals surface area contributed by atoms with E-state index in [0.29, 0.717) is 0 Å². The molecule has 1 heterocycles. The highest BCUT2D eigenvalue weighted by Gasteiger charge is 2.51. The number of likely N-dealkylation sites (tertiary alicyclic amines) is 1. The molecule has 2 amide bonds. The molecule has 2 rings (SSSR count). The van der Waals surface area contributed by atoms with Gasteiger partial charge in [0.25, 0.3) is 0 Å². The summed E-state index contributed by atoms with van der Waals surface area (Å²) in [5, 5.41) is 2.74. The highest BCUT2D eigenvalue weighted by Crippen LogP contribution is 2.37. The van der Waals surface area contributed by atoms with Crippen molar-refractivity contribution in [2.45, 2.75) is 58.3 Å². The molecule has 0 aromatic heterocycles. The van der Waals surface area contributed by atoms with Gasteiger partial charge in [-0.3, -0.25) is 0 Å². The number of rotatable bonds is 3. The molecule has 0 atom stereocenters. The monoisotopic (exact) mass is 396 g/mol. The van der Waals surface area contributed by atoms with Gasteiger partial charge in [0.1, 0.15) is 16.7 Å². The first kappa shape index (κ1) is 21.8. The fourth-order valence-corrected chi connectivity index (χ4v) is 2.91. The number of benzene rings is 1. The highest BCUT2D eigenvalue weighted by molar-refractivity contribution is 5.73. The van der Waals surface area contributed by atoms with Crippen LogP contribution in [-0.4, -0.2) is 48.5 Å². The maximum absolute atomic E-state index is 14.9. The molecule has 0 bridgehead atoms.